The zero-order valence-corrected chi connectivity index (χ0v) is 19.4. The van der Waals surface area contributed by atoms with Gasteiger partial charge in [-0.05, 0) is 50.9 Å². The summed E-state index contributed by atoms with van der Waals surface area (Å²) in [6, 6.07) is 5.28. The molecule has 0 unspecified atom stereocenters. The molecule has 1 atom stereocenters. The standard InChI is InChI=1S/C25H30F2N2O4/c1-15(10-16-7-8-17(26)12-21(16)27)11-19-20(25(30)29-14-18-6-5-9-28-18)13-22(31-2)24(33-4)23(19)32-3/h7-8,10,12-13,18,28H,5-6,9,11,14H2,1-4H3,(H,29,30)/t18-/m0/s1. The Kier molecular flexibility index (Phi) is 8.27. The smallest absolute Gasteiger partial charge is 0.251 e. The monoisotopic (exact) mass is 460 g/mol. The summed E-state index contributed by atoms with van der Waals surface area (Å²) in [4.78, 5) is 13.2. The largest absolute Gasteiger partial charge is 0.493 e. The van der Waals surface area contributed by atoms with Crippen molar-refractivity contribution in [3.8, 4) is 17.2 Å². The van der Waals surface area contributed by atoms with Crippen molar-refractivity contribution in [2.75, 3.05) is 34.4 Å². The highest BCUT2D eigenvalue weighted by Gasteiger charge is 2.25. The van der Waals surface area contributed by atoms with Crippen LogP contribution in [0.4, 0.5) is 8.78 Å². The highest BCUT2D eigenvalue weighted by Crippen LogP contribution is 2.43. The van der Waals surface area contributed by atoms with Crippen molar-refractivity contribution in [3.05, 3.63) is 58.2 Å². The molecule has 1 saturated heterocycles. The molecule has 2 aromatic rings. The van der Waals surface area contributed by atoms with E-state index in [-0.39, 0.29) is 23.9 Å². The van der Waals surface area contributed by atoms with E-state index in [1.807, 2.05) is 6.92 Å². The Morgan fingerprint density at radius 3 is 2.52 bits per heavy atom. The van der Waals surface area contributed by atoms with E-state index in [4.69, 9.17) is 14.2 Å². The van der Waals surface area contributed by atoms with Gasteiger partial charge < -0.3 is 24.8 Å². The number of halogens is 2. The van der Waals surface area contributed by atoms with Crippen LogP contribution in [-0.2, 0) is 6.42 Å². The zero-order valence-electron chi connectivity index (χ0n) is 19.4. The Morgan fingerprint density at radius 2 is 1.91 bits per heavy atom. The summed E-state index contributed by atoms with van der Waals surface area (Å²) in [5.74, 6) is -0.458. The number of amides is 1. The molecule has 178 valence electrons. The number of hydrogen-bond acceptors (Lipinski definition) is 5. The van der Waals surface area contributed by atoms with Gasteiger partial charge in [-0.25, -0.2) is 8.78 Å². The van der Waals surface area contributed by atoms with Gasteiger partial charge >= 0.3 is 0 Å². The van der Waals surface area contributed by atoms with E-state index >= 15 is 0 Å². The van der Waals surface area contributed by atoms with Crippen molar-refractivity contribution in [3.63, 3.8) is 0 Å². The van der Waals surface area contributed by atoms with Gasteiger partial charge in [-0.1, -0.05) is 11.6 Å². The molecule has 1 aliphatic heterocycles. The van der Waals surface area contributed by atoms with Gasteiger partial charge in [0.05, 0.1) is 26.9 Å². The fourth-order valence-corrected chi connectivity index (χ4v) is 4.05. The lowest BCUT2D eigenvalue weighted by Gasteiger charge is -2.20. The van der Waals surface area contributed by atoms with Gasteiger partial charge in [-0.15, -0.1) is 0 Å². The number of ether oxygens (including phenoxy) is 3. The number of nitrogens with one attached hydrogen (secondary N) is 2. The average Bonchev–Trinajstić information content (AvgIpc) is 3.32. The highest BCUT2D eigenvalue weighted by molar-refractivity contribution is 5.97. The van der Waals surface area contributed by atoms with Crippen LogP contribution in [0, 0.1) is 11.6 Å². The Morgan fingerprint density at radius 1 is 1.15 bits per heavy atom. The fraction of sp³-hybridized carbons (Fsp3) is 0.400. The van der Waals surface area contributed by atoms with Crippen LogP contribution in [0.25, 0.3) is 6.08 Å². The topological polar surface area (TPSA) is 68.8 Å². The normalized spacial score (nSPS) is 15.9. The number of hydrogen-bond donors (Lipinski definition) is 2. The summed E-state index contributed by atoms with van der Waals surface area (Å²) < 4.78 is 44.0. The molecule has 0 saturated carbocycles. The summed E-state index contributed by atoms with van der Waals surface area (Å²) in [7, 11) is 4.47. The van der Waals surface area contributed by atoms with Gasteiger partial charge in [0.1, 0.15) is 11.6 Å². The molecule has 1 amide bonds. The van der Waals surface area contributed by atoms with Crippen LogP contribution in [0.2, 0.25) is 0 Å². The van der Waals surface area contributed by atoms with Gasteiger partial charge in [0.25, 0.3) is 5.91 Å². The zero-order chi connectivity index (χ0) is 24.0. The third-order valence-electron chi connectivity index (χ3n) is 5.67. The van der Waals surface area contributed by atoms with E-state index in [2.05, 4.69) is 10.6 Å². The number of allylic oxidation sites excluding steroid dienone is 1. The van der Waals surface area contributed by atoms with E-state index in [1.165, 1.54) is 33.5 Å². The number of benzene rings is 2. The molecule has 0 aromatic heterocycles. The first-order valence-corrected chi connectivity index (χ1v) is 10.8. The quantitative estimate of drug-likeness (QED) is 0.589. The molecule has 0 spiro atoms. The Bertz CT molecular complexity index is 1030. The minimum absolute atomic E-state index is 0.238. The fourth-order valence-electron chi connectivity index (χ4n) is 4.05. The van der Waals surface area contributed by atoms with Gasteiger partial charge in [0.2, 0.25) is 5.75 Å². The predicted octanol–water partition coefficient (Wildman–Crippen LogP) is 4.12. The lowest BCUT2D eigenvalue weighted by atomic mass is 9.96. The van der Waals surface area contributed by atoms with Gasteiger partial charge in [0.15, 0.2) is 11.5 Å². The summed E-state index contributed by atoms with van der Waals surface area (Å²) in [5, 5.41) is 6.34. The third-order valence-corrected chi connectivity index (χ3v) is 5.67. The Hall–Kier alpha value is -3.13. The first-order chi connectivity index (χ1) is 15.9. The van der Waals surface area contributed by atoms with Crippen LogP contribution in [0.5, 0.6) is 17.2 Å². The average molecular weight is 461 g/mol. The highest BCUT2D eigenvalue weighted by atomic mass is 19.1. The van der Waals surface area contributed by atoms with Gasteiger partial charge in [-0.2, -0.15) is 0 Å². The number of methoxy groups -OCH3 is 3. The van der Waals surface area contributed by atoms with E-state index in [9.17, 15) is 13.6 Å². The molecule has 2 aromatic carbocycles. The molecule has 0 aliphatic carbocycles. The van der Waals surface area contributed by atoms with Crippen molar-refractivity contribution in [2.24, 2.45) is 0 Å². The van der Waals surface area contributed by atoms with Crippen LogP contribution in [0.1, 0.15) is 41.3 Å². The van der Waals surface area contributed by atoms with Crippen LogP contribution < -0.4 is 24.8 Å². The Labute approximate surface area is 192 Å². The second-order valence-corrected chi connectivity index (χ2v) is 8.01. The van der Waals surface area contributed by atoms with Crippen LogP contribution in [0.3, 0.4) is 0 Å². The molecule has 0 radical (unpaired) electrons. The van der Waals surface area contributed by atoms with Gasteiger partial charge in [0, 0.05) is 29.8 Å². The maximum atomic E-state index is 14.2. The second kappa shape index (κ2) is 11.1. The minimum Gasteiger partial charge on any atom is -0.493 e. The molecule has 33 heavy (non-hydrogen) atoms. The lowest BCUT2D eigenvalue weighted by molar-refractivity contribution is 0.0948. The lowest BCUT2D eigenvalue weighted by Crippen LogP contribution is -2.37. The summed E-state index contributed by atoms with van der Waals surface area (Å²) in [6.07, 6.45) is 3.99. The first kappa shape index (κ1) is 24.5. The molecule has 1 heterocycles. The third kappa shape index (κ3) is 5.82. The number of carbonyl (C=O) groups excluding carboxylic acids is 1. The van der Waals surface area contributed by atoms with E-state index in [1.54, 1.807) is 12.1 Å². The van der Waals surface area contributed by atoms with Crippen LogP contribution in [0.15, 0.2) is 29.8 Å². The Balaban J connectivity index is 1.99. The number of rotatable bonds is 9. The van der Waals surface area contributed by atoms with Crippen LogP contribution >= 0.6 is 0 Å². The van der Waals surface area contributed by atoms with Gasteiger partial charge in [-0.3, -0.25) is 4.79 Å². The molecule has 1 aliphatic rings. The van der Waals surface area contributed by atoms with Crippen molar-refractivity contribution in [2.45, 2.75) is 32.2 Å². The molecule has 2 N–H and O–H groups in total. The van der Waals surface area contributed by atoms with Crippen LogP contribution in [-0.4, -0.2) is 46.4 Å². The summed E-state index contributed by atoms with van der Waals surface area (Å²) >= 11 is 0. The molecule has 3 rings (SSSR count). The van der Waals surface area contributed by atoms with E-state index in [0.29, 0.717) is 34.9 Å². The molecular formula is C25H30F2N2O4. The molecule has 8 heteroatoms. The van der Waals surface area contributed by atoms with Crippen molar-refractivity contribution in [1.82, 2.24) is 10.6 Å². The SMILES string of the molecule is COc1cc(C(=O)NC[C@@H]2CCCN2)c(CC(C)=Cc2ccc(F)cc2F)c(OC)c1OC. The molecular weight excluding hydrogens is 430 g/mol. The maximum absolute atomic E-state index is 14.2. The maximum Gasteiger partial charge on any atom is 0.251 e. The predicted molar refractivity (Wildman–Crippen MR) is 123 cm³/mol. The number of carbonyl (C=O) groups is 1. The molecule has 1 fully saturated rings. The second-order valence-electron chi connectivity index (χ2n) is 8.01. The first-order valence-electron chi connectivity index (χ1n) is 10.8. The van der Waals surface area contributed by atoms with Crippen molar-refractivity contribution < 1.29 is 27.8 Å². The van der Waals surface area contributed by atoms with E-state index < -0.39 is 11.6 Å². The van der Waals surface area contributed by atoms with Crippen molar-refractivity contribution in [1.29, 1.82) is 0 Å². The molecule has 6 nitrogen and oxygen atoms in total. The van der Waals surface area contributed by atoms with Crippen molar-refractivity contribution >= 4 is 12.0 Å². The molecule has 0 bridgehead atoms. The summed E-state index contributed by atoms with van der Waals surface area (Å²) in [6.45, 7) is 3.26. The minimum atomic E-state index is -0.657. The summed E-state index contributed by atoms with van der Waals surface area (Å²) in [5.41, 5.74) is 1.97. The van der Waals surface area contributed by atoms with E-state index in [0.717, 1.165) is 31.0 Å².